The summed E-state index contributed by atoms with van der Waals surface area (Å²) >= 11 is 0. The van der Waals surface area contributed by atoms with Crippen molar-refractivity contribution in [1.29, 1.82) is 0 Å². The summed E-state index contributed by atoms with van der Waals surface area (Å²) in [6, 6.07) is 18.5. The topological polar surface area (TPSA) is 55.3 Å². The number of nitrogens with zero attached hydrogens (tertiary/aromatic N) is 1. The molecular formula is C18H23N3. The SMILES string of the molecule is CC(N)N(c1ccc(C=Cc2ccccc2)cc1)C(C)N. The lowest BCUT2D eigenvalue weighted by Crippen LogP contribution is -2.49. The van der Waals surface area contributed by atoms with Gasteiger partial charge in [-0.05, 0) is 37.1 Å². The van der Waals surface area contributed by atoms with Crippen LogP contribution >= 0.6 is 0 Å². The van der Waals surface area contributed by atoms with Gasteiger partial charge in [0, 0.05) is 5.69 Å². The molecule has 4 N–H and O–H groups in total. The van der Waals surface area contributed by atoms with Crippen LogP contribution in [0.5, 0.6) is 0 Å². The number of anilines is 1. The summed E-state index contributed by atoms with van der Waals surface area (Å²) in [5.41, 5.74) is 15.3. The average Bonchev–Trinajstić information content (AvgIpc) is 2.47. The molecule has 2 aromatic rings. The zero-order chi connectivity index (χ0) is 15.2. The van der Waals surface area contributed by atoms with Crippen LogP contribution < -0.4 is 16.4 Å². The van der Waals surface area contributed by atoms with Crippen LogP contribution in [0.3, 0.4) is 0 Å². The van der Waals surface area contributed by atoms with Gasteiger partial charge in [-0.15, -0.1) is 0 Å². The molecule has 0 saturated heterocycles. The van der Waals surface area contributed by atoms with Crippen LogP contribution in [0.2, 0.25) is 0 Å². The molecule has 0 amide bonds. The average molecular weight is 281 g/mol. The normalized spacial score (nSPS) is 14.1. The minimum atomic E-state index is -0.115. The van der Waals surface area contributed by atoms with Crippen LogP contribution in [0.25, 0.3) is 12.2 Å². The zero-order valence-corrected chi connectivity index (χ0v) is 12.6. The number of hydrogen-bond acceptors (Lipinski definition) is 3. The molecule has 0 aliphatic heterocycles. The largest absolute Gasteiger partial charge is 0.341 e. The number of nitrogens with two attached hydrogens (primary N) is 2. The Kier molecular flexibility index (Phi) is 5.14. The molecule has 0 aliphatic rings. The van der Waals surface area contributed by atoms with Crippen LogP contribution in [0.1, 0.15) is 25.0 Å². The van der Waals surface area contributed by atoms with E-state index in [0.29, 0.717) is 0 Å². The van der Waals surface area contributed by atoms with E-state index in [0.717, 1.165) is 11.3 Å². The molecule has 0 heterocycles. The summed E-state index contributed by atoms with van der Waals surface area (Å²) in [5.74, 6) is 0. The molecule has 21 heavy (non-hydrogen) atoms. The lowest BCUT2D eigenvalue weighted by atomic mass is 10.1. The molecule has 0 aromatic heterocycles. The highest BCUT2D eigenvalue weighted by atomic mass is 15.3. The highest BCUT2D eigenvalue weighted by Gasteiger charge is 2.14. The fourth-order valence-corrected chi connectivity index (χ4v) is 2.36. The fourth-order valence-electron chi connectivity index (χ4n) is 2.36. The molecule has 0 radical (unpaired) electrons. The van der Waals surface area contributed by atoms with E-state index in [1.54, 1.807) is 0 Å². The van der Waals surface area contributed by atoms with Crippen molar-refractivity contribution >= 4 is 17.8 Å². The molecule has 0 bridgehead atoms. The van der Waals surface area contributed by atoms with Gasteiger partial charge in [0.2, 0.25) is 0 Å². The first-order chi connectivity index (χ1) is 10.1. The summed E-state index contributed by atoms with van der Waals surface area (Å²) < 4.78 is 0. The lowest BCUT2D eigenvalue weighted by molar-refractivity contribution is 0.574. The van der Waals surface area contributed by atoms with Gasteiger partial charge in [0.05, 0.1) is 12.3 Å². The summed E-state index contributed by atoms with van der Waals surface area (Å²) in [7, 11) is 0. The Balaban J connectivity index is 2.13. The Hall–Kier alpha value is -2.10. The highest BCUT2D eigenvalue weighted by Crippen LogP contribution is 2.19. The van der Waals surface area contributed by atoms with Crippen LogP contribution in [0.15, 0.2) is 54.6 Å². The third-order valence-corrected chi connectivity index (χ3v) is 3.34. The lowest BCUT2D eigenvalue weighted by Gasteiger charge is -2.32. The zero-order valence-electron chi connectivity index (χ0n) is 12.6. The Morgan fingerprint density at radius 3 is 1.71 bits per heavy atom. The predicted molar refractivity (Wildman–Crippen MR) is 91.6 cm³/mol. The van der Waals surface area contributed by atoms with E-state index in [-0.39, 0.29) is 12.3 Å². The minimum absolute atomic E-state index is 0.115. The molecule has 3 nitrogen and oxygen atoms in total. The third-order valence-electron chi connectivity index (χ3n) is 3.34. The fraction of sp³-hybridized carbons (Fsp3) is 0.222. The summed E-state index contributed by atoms with van der Waals surface area (Å²) in [5, 5.41) is 0. The number of benzene rings is 2. The van der Waals surface area contributed by atoms with Crippen molar-refractivity contribution in [1.82, 2.24) is 0 Å². The molecular weight excluding hydrogens is 258 g/mol. The number of rotatable bonds is 5. The maximum atomic E-state index is 5.97. The first-order valence-corrected chi connectivity index (χ1v) is 7.20. The first kappa shape index (κ1) is 15.3. The second-order valence-electron chi connectivity index (χ2n) is 5.22. The maximum Gasteiger partial charge on any atom is 0.0757 e. The van der Waals surface area contributed by atoms with Gasteiger partial charge >= 0.3 is 0 Å². The molecule has 2 atom stereocenters. The molecule has 0 saturated carbocycles. The summed E-state index contributed by atoms with van der Waals surface area (Å²) in [6.45, 7) is 3.87. The second-order valence-corrected chi connectivity index (χ2v) is 5.22. The van der Waals surface area contributed by atoms with E-state index in [4.69, 9.17) is 11.5 Å². The first-order valence-electron chi connectivity index (χ1n) is 7.20. The minimum Gasteiger partial charge on any atom is -0.341 e. The van der Waals surface area contributed by atoms with E-state index < -0.39 is 0 Å². The standard InChI is InChI=1S/C18H23N3/c1-14(19)21(15(2)20)18-12-10-17(11-13-18)9-8-16-6-4-3-5-7-16/h3-15H,19-20H2,1-2H3. The summed E-state index contributed by atoms with van der Waals surface area (Å²) in [6.07, 6.45) is 3.97. The summed E-state index contributed by atoms with van der Waals surface area (Å²) in [4.78, 5) is 1.99. The molecule has 110 valence electrons. The van der Waals surface area contributed by atoms with Crippen molar-refractivity contribution in [2.75, 3.05) is 4.90 Å². The van der Waals surface area contributed by atoms with Gasteiger partial charge in [0.1, 0.15) is 0 Å². The van der Waals surface area contributed by atoms with Crippen LogP contribution in [-0.4, -0.2) is 12.3 Å². The molecule has 3 heteroatoms. The smallest absolute Gasteiger partial charge is 0.0757 e. The van der Waals surface area contributed by atoms with Crippen molar-refractivity contribution in [3.63, 3.8) is 0 Å². The van der Waals surface area contributed by atoms with E-state index in [1.807, 2.05) is 36.9 Å². The molecule has 2 rings (SSSR count). The van der Waals surface area contributed by atoms with Crippen LogP contribution in [0, 0.1) is 0 Å². The van der Waals surface area contributed by atoms with Gasteiger partial charge in [0.15, 0.2) is 0 Å². The van der Waals surface area contributed by atoms with E-state index in [9.17, 15) is 0 Å². The van der Waals surface area contributed by atoms with Gasteiger partial charge < -0.3 is 16.4 Å². The van der Waals surface area contributed by atoms with E-state index >= 15 is 0 Å². The van der Waals surface area contributed by atoms with Crippen LogP contribution in [0.4, 0.5) is 5.69 Å². The maximum absolute atomic E-state index is 5.97. The predicted octanol–water partition coefficient (Wildman–Crippen LogP) is 3.27. The highest BCUT2D eigenvalue weighted by molar-refractivity contribution is 5.70. The van der Waals surface area contributed by atoms with E-state index in [1.165, 1.54) is 5.56 Å². The van der Waals surface area contributed by atoms with Gasteiger partial charge in [-0.25, -0.2) is 0 Å². The molecule has 0 spiro atoms. The third kappa shape index (κ3) is 4.18. The van der Waals surface area contributed by atoms with Crippen molar-refractivity contribution in [3.05, 3.63) is 65.7 Å². The van der Waals surface area contributed by atoms with Crippen molar-refractivity contribution in [2.45, 2.75) is 26.2 Å². The Labute approximate surface area is 126 Å². The van der Waals surface area contributed by atoms with Gasteiger partial charge in [-0.3, -0.25) is 0 Å². The van der Waals surface area contributed by atoms with Crippen molar-refractivity contribution in [3.8, 4) is 0 Å². The molecule has 2 unspecified atom stereocenters. The monoisotopic (exact) mass is 281 g/mol. The Morgan fingerprint density at radius 2 is 1.24 bits per heavy atom. The van der Waals surface area contributed by atoms with Crippen LogP contribution in [-0.2, 0) is 0 Å². The van der Waals surface area contributed by atoms with Gasteiger partial charge in [-0.1, -0.05) is 54.6 Å². The second kappa shape index (κ2) is 7.07. The number of hydrogen-bond donors (Lipinski definition) is 2. The quantitative estimate of drug-likeness (QED) is 0.653. The van der Waals surface area contributed by atoms with E-state index in [2.05, 4.69) is 48.6 Å². The Morgan fingerprint density at radius 1 is 0.762 bits per heavy atom. The molecule has 2 aromatic carbocycles. The van der Waals surface area contributed by atoms with Crippen molar-refractivity contribution < 1.29 is 0 Å². The molecule has 0 fully saturated rings. The Bertz CT molecular complexity index is 563. The van der Waals surface area contributed by atoms with Crippen molar-refractivity contribution in [2.24, 2.45) is 11.5 Å². The van der Waals surface area contributed by atoms with Gasteiger partial charge in [0.25, 0.3) is 0 Å². The molecule has 0 aliphatic carbocycles. The van der Waals surface area contributed by atoms with Gasteiger partial charge in [-0.2, -0.15) is 0 Å².